The van der Waals surface area contributed by atoms with Gasteiger partial charge in [-0.2, -0.15) is 0 Å². The lowest BCUT2D eigenvalue weighted by Crippen LogP contribution is -2.41. The highest BCUT2D eigenvalue weighted by molar-refractivity contribution is 5.93. The van der Waals surface area contributed by atoms with E-state index in [1.165, 1.54) is 0 Å². The summed E-state index contributed by atoms with van der Waals surface area (Å²) in [6, 6.07) is 5.46. The SMILES string of the molecule is CCNC1COCC1C(=O)Nc1ccc2c(c1)OCO2. The van der Waals surface area contributed by atoms with Gasteiger partial charge in [0.25, 0.3) is 0 Å². The Morgan fingerprint density at radius 3 is 3.00 bits per heavy atom. The second-order valence-corrected chi connectivity index (χ2v) is 4.87. The molecule has 0 bridgehead atoms. The van der Waals surface area contributed by atoms with Crippen LogP contribution in [0, 0.1) is 5.92 Å². The number of amides is 1. The third-order valence-electron chi connectivity index (χ3n) is 3.52. The van der Waals surface area contributed by atoms with Crippen molar-refractivity contribution in [3.05, 3.63) is 18.2 Å². The van der Waals surface area contributed by atoms with Crippen LogP contribution in [0.25, 0.3) is 0 Å². The summed E-state index contributed by atoms with van der Waals surface area (Å²) in [6.45, 7) is 4.10. The maximum atomic E-state index is 12.3. The van der Waals surface area contributed by atoms with Crippen LogP contribution >= 0.6 is 0 Å². The van der Waals surface area contributed by atoms with Crippen LogP contribution in [0.1, 0.15) is 6.92 Å². The number of carbonyl (C=O) groups excluding carboxylic acids is 1. The molecular weight excluding hydrogens is 260 g/mol. The molecular formula is C14H18N2O4. The van der Waals surface area contributed by atoms with Crippen LogP contribution < -0.4 is 20.1 Å². The Kier molecular flexibility index (Phi) is 3.75. The lowest BCUT2D eigenvalue weighted by molar-refractivity contribution is -0.120. The first-order valence-corrected chi connectivity index (χ1v) is 6.79. The summed E-state index contributed by atoms with van der Waals surface area (Å²) in [5, 5.41) is 6.18. The van der Waals surface area contributed by atoms with E-state index in [0.717, 1.165) is 6.54 Å². The molecule has 2 unspecified atom stereocenters. The highest BCUT2D eigenvalue weighted by Crippen LogP contribution is 2.34. The van der Waals surface area contributed by atoms with E-state index in [1.54, 1.807) is 12.1 Å². The Morgan fingerprint density at radius 2 is 2.15 bits per heavy atom. The molecule has 6 heteroatoms. The summed E-state index contributed by atoms with van der Waals surface area (Å²) in [4.78, 5) is 12.3. The molecule has 2 atom stereocenters. The van der Waals surface area contributed by atoms with Gasteiger partial charge in [-0.1, -0.05) is 6.92 Å². The fourth-order valence-corrected chi connectivity index (χ4v) is 2.49. The van der Waals surface area contributed by atoms with Crippen LogP contribution in [0.5, 0.6) is 11.5 Å². The Balaban J connectivity index is 1.66. The van der Waals surface area contributed by atoms with E-state index in [9.17, 15) is 4.79 Å². The van der Waals surface area contributed by atoms with E-state index in [0.29, 0.717) is 30.4 Å². The average molecular weight is 278 g/mol. The zero-order valence-corrected chi connectivity index (χ0v) is 11.3. The van der Waals surface area contributed by atoms with E-state index < -0.39 is 0 Å². The Hall–Kier alpha value is -1.79. The van der Waals surface area contributed by atoms with Crippen molar-refractivity contribution in [2.45, 2.75) is 13.0 Å². The Labute approximate surface area is 117 Å². The average Bonchev–Trinajstić information content (AvgIpc) is 3.07. The van der Waals surface area contributed by atoms with Gasteiger partial charge in [0.2, 0.25) is 12.7 Å². The maximum absolute atomic E-state index is 12.3. The van der Waals surface area contributed by atoms with E-state index in [-0.39, 0.29) is 24.7 Å². The van der Waals surface area contributed by atoms with Gasteiger partial charge in [0.05, 0.1) is 19.1 Å². The highest BCUT2D eigenvalue weighted by Gasteiger charge is 2.33. The van der Waals surface area contributed by atoms with Crippen LogP contribution in [-0.2, 0) is 9.53 Å². The first-order valence-electron chi connectivity index (χ1n) is 6.79. The van der Waals surface area contributed by atoms with Crippen molar-refractivity contribution >= 4 is 11.6 Å². The standard InChI is InChI=1S/C14H18N2O4/c1-2-15-11-7-18-6-10(11)14(17)16-9-3-4-12-13(5-9)20-8-19-12/h3-5,10-11,15H,2,6-8H2,1H3,(H,16,17). The van der Waals surface area contributed by atoms with Gasteiger partial charge in [0.1, 0.15) is 0 Å². The number of likely N-dealkylation sites (N-methyl/N-ethyl adjacent to an activating group) is 1. The number of hydrogen-bond acceptors (Lipinski definition) is 5. The van der Waals surface area contributed by atoms with Gasteiger partial charge in [-0.25, -0.2) is 0 Å². The first kappa shape index (κ1) is 13.2. The van der Waals surface area contributed by atoms with Gasteiger partial charge in [0.15, 0.2) is 11.5 Å². The van der Waals surface area contributed by atoms with E-state index in [4.69, 9.17) is 14.2 Å². The molecule has 20 heavy (non-hydrogen) atoms. The zero-order chi connectivity index (χ0) is 13.9. The van der Waals surface area contributed by atoms with Crippen molar-refractivity contribution in [2.24, 2.45) is 5.92 Å². The third kappa shape index (κ3) is 2.57. The van der Waals surface area contributed by atoms with Crippen LogP contribution in [0.2, 0.25) is 0 Å². The fraction of sp³-hybridized carbons (Fsp3) is 0.500. The highest BCUT2D eigenvalue weighted by atomic mass is 16.7. The molecule has 2 heterocycles. The minimum absolute atomic E-state index is 0.0349. The smallest absolute Gasteiger partial charge is 0.231 e. The largest absolute Gasteiger partial charge is 0.454 e. The van der Waals surface area contributed by atoms with Crippen molar-refractivity contribution in [3.63, 3.8) is 0 Å². The molecule has 1 amide bonds. The molecule has 1 saturated heterocycles. The molecule has 0 spiro atoms. The van der Waals surface area contributed by atoms with Crippen molar-refractivity contribution in [3.8, 4) is 11.5 Å². The number of ether oxygens (including phenoxy) is 3. The number of fused-ring (bicyclic) bond motifs is 1. The molecule has 2 N–H and O–H groups in total. The molecule has 1 fully saturated rings. The summed E-state index contributed by atoms with van der Waals surface area (Å²) in [5.41, 5.74) is 0.710. The minimum Gasteiger partial charge on any atom is -0.454 e. The predicted octanol–water partition coefficient (Wildman–Crippen LogP) is 0.978. The molecule has 0 saturated carbocycles. The van der Waals surface area contributed by atoms with Gasteiger partial charge < -0.3 is 24.8 Å². The predicted molar refractivity (Wildman–Crippen MR) is 73.0 cm³/mol. The van der Waals surface area contributed by atoms with Gasteiger partial charge in [-0.3, -0.25) is 4.79 Å². The number of carbonyl (C=O) groups is 1. The monoisotopic (exact) mass is 278 g/mol. The minimum atomic E-state index is -0.166. The molecule has 2 aliphatic heterocycles. The Bertz CT molecular complexity index is 506. The van der Waals surface area contributed by atoms with Crippen molar-refractivity contribution < 1.29 is 19.0 Å². The molecule has 0 aromatic heterocycles. The topological polar surface area (TPSA) is 68.8 Å². The number of benzene rings is 1. The van der Waals surface area contributed by atoms with Crippen LogP contribution in [0.15, 0.2) is 18.2 Å². The number of rotatable bonds is 4. The maximum Gasteiger partial charge on any atom is 0.231 e. The van der Waals surface area contributed by atoms with E-state index >= 15 is 0 Å². The molecule has 1 aromatic carbocycles. The molecule has 0 radical (unpaired) electrons. The van der Waals surface area contributed by atoms with Gasteiger partial charge >= 0.3 is 0 Å². The van der Waals surface area contributed by atoms with Crippen molar-refractivity contribution in [2.75, 3.05) is 31.9 Å². The molecule has 1 aromatic rings. The first-order chi connectivity index (χ1) is 9.78. The summed E-state index contributed by atoms with van der Waals surface area (Å²) < 4.78 is 15.9. The molecule has 3 rings (SSSR count). The lowest BCUT2D eigenvalue weighted by atomic mass is 10.0. The molecule has 108 valence electrons. The fourth-order valence-electron chi connectivity index (χ4n) is 2.49. The van der Waals surface area contributed by atoms with Crippen molar-refractivity contribution in [1.29, 1.82) is 0 Å². The summed E-state index contributed by atoms with van der Waals surface area (Å²) in [6.07, 6.45) is 0. The second-order valence-electron chi connectivity index (χ2n) is 4.87. The molecule has 2 aliphatic rings. The van der Waals surface area contributed by atoms with Crippen LogP contribution in [0.4, 0.5) is 5.69 Å². The van der Waals surface area contributed by atoms with Crippen LogP contribution in [0.3, 0.4) is 0 Å². The number of anilines is 1. The quantitative estimate of drug-likeness (QED) is 0.859. The van der Waals surface area contributed by atoms with Gasteiger partial charge in [-0.05, 0) is 18.7 Å². The van der Waals surface area contributed by atoms with E-state index in [2.05, 4.69) is 10.6 Å². The van der Waals surface area contributed by atoms with Gasteiger partial charge in [-0.15, -0.1) is 0 Å². The molecule has 6 nitrogen and oxygen atoms in total. The van der Waals surface area contributed by atoms with Crippen molar-refractivity contribution in [1.82, 2.24) is 5.32 Å². The lowest BCUT2D eigenvalue weighted by Gasteiger charge is -2.17. The summed E-state index contributed by atoms with van der Waals surface area (Å²) in [7, 11) is 0. The Morgan fingerprint density at radius 1 is 1.30 bits per heavy atom. The van der Waals surface area contributed by atoms with Gasteiger partial charge in [0, 0.05) is 17.8 Å². The summed E-state index contributed by atoms with van der Waals surface area (Å²) in [5.74, 6) is 1.17. The summed E-state index contributed by atoms with van der Waals surface area (Å²) >= 11 is 0. The number of hydrogen-bond donors (Lipinski definition) is 2. The molecule has 0 aliphatic carbocycles. The van der Waals surface area contributed by atoms with E-state index in [1.807, 2.05) is 13.0 Å². The third-order valence-corrected chi connectivity index (χ3v) is 3.52. The second kappa shape index (κ2) is 5.68. The number of nitrogens with one attached hydrogen (secondary N) is 2. The zero-order valence-electron chi connectivity index (χ0n) is 11.3. The van der Waals surface area contributed by atoms with Crippen LogP contribution in [-0.4, -0.2) is 38.5 Å². The normalized spacial score (nSPS) is 23.9.